The largest absolute Gasteiger partial charge is 0.419 e. The Labute approximate surface area is 156 Å². The number of oxazole rings is 1. The smallest absolute Gasteiger partial charge is 0.408 e. The summed E-state index contributed by atoms with van der Waals surface area (Å²) in [6.07, 6.45) is -0.312. The third kappa shape index (κ3) is 3.20. The van der Waals surface area contributed by atoms with Crippen LogP contribution >= 0.6 is 0 Å². The number of morpholine rings is 1. The van der Waals surface area contributed by atoms with E-state index in [2.05, 4.69) is 0 Å². The molecule has 1 saturated heterocycles. The average molecular weight is 388 g/mol. The Morgan fingerprint density at radius 3 is 2.59 bits per heavy atom. The normalized spacial score (nSPS) is 18.8. The van der Waals surface area contributed by atoms with Crippen molar-refractivity contribution in [2.24, 2.45) is 7.05 Å². The van der Waals surface area contributed by atoms with Crippen molar-refractivity contribution < 1.29 is 17.6 Å². The second-order valence-electron chi connectivity index (χ2n) is 6.69. The van der Waals surface area contributed by atoms with Gasteiger partial charge in [-0.3, -0.25) is 4.57 Å². The minimum atomic E-state index is -3.72. The van der Waals surface area contributed by atoms with Crippen LogP contribution in [0.25, 0.3) is 11.1 Å². The first-order valence-corrected chi connectivity index (χ1v) is 10.1. The van der Waals surface area contributed by atoms with E-state index in [-0.39, 0.29) is 29.7 Å². The number of aryl methyl sites for hydroxylation is 2. The van der Waals surface area contributed by atoms with Gasteiger partial charge in [0.15, 0.2) is 5.58 Å². The van der Waals surface area contributed by atoms with E-state index in [1.54, 1.807) is 13.1 Å². The molecule has 3 aromatic rings. The van der Waals surface area contributed by atoms with E-state index in [1.807, 2.05) is 31.2 Å². The number of aromatic nitrogens is 1. The van der Waals surface area contributed by atoms with Gasteiger partial charge in [0.05, 0.1) is 23.1 Å². The Morgan fingerprint density at radius 1 is 1.11 bits per heavy atom. The van der Waals surface area contributed by atoms with Crippen molar-refractivity contribution in [2.45, 2.75) is 17.9 Å². The van der Waals surface area contributed by atoms with Gasteiger partial charge in [-0.1, -0.05) is 29.8 Å². The number of nitrogens with zero attached hydrogens (tertiary/aromatic N) is 2. The lowest BCUT2D eigenvalue weighted by Crippen LogP contribution is -2.42. The van der Waals surface area contributed by atoms with Crippen molar-refractivity contribution in [3.8, 4) is 0 Å². The Bertz CT molecular complexity index is 1150. The Kier molecular flexibility index (Phi) is 4.41. The third-order valence-corrected chi connectivity index (χ3v) is 6.74. The van der Waals surface area contributed by atoms with Crippen LogP contribution in [0.4, 0.5) is 0 Å². The van der Waals surface area contributed by atoms with E-state index in [4.69, 9.17) is 9.15 Å². The molecule has 0 amide bonds. The number of sulfonamides is 1. The van der Waals surface area contributed by atoms with Gasteiger partial charge >= 0.3 is 5.76 Å². The summed E-state index contributed by atoms with van der Waals surface area (Å²) in [7, 11) is -2.14. The molecule has 0 N–H and O–H groups in total. The van der Waals surface area contributed by atoms with Crippen molar-refractivity contribution >= 4 is 21.1 Å². The van der Waals surface area contributed by atoms with E-state index in [1.165, 1.54) is 21.0 Å². The summed E-state index contributed by atoms with van der Waals surface area (Å²) in [5, 5.41) is 0. The summed E-state index contributed by atoms with van der Waals surface area (Å²) >= 11 is 0. The molecule has 27 heavy (non-hydrogen) atoms. The second kappa shape index (κ2) is 6.63. The summed E-state index contributed by atoms with van der Waals surface area (Å²) in [6, 6.07) is 12.4. The fourth-order valence-electron chi connectivity index (χ4n) is 3.25. The van der Waals surface area contributed by atoms with E-state index in [0.29, 0.717) is 12.1 Å². The minimum Gasteiger partial charge on any atom is -0.408 e. The molecule has 0 spiro atoms. The lowest BCUT2D eigenvalue weighted by molar-refractivity contribution is -0.00255. The van der Waals surface area contributed by atoms with Gasteiger partial charge in [0.25, 0.3) is 0 Å². The van der Waals surface area contributed by atoms with Gasteiger partial charge in [-0.15, -0.1) is 0 Å². The molecular formula is C19H20N2O5S. The zero-order valence-corrected chi connectivity index (χ0v) is 15.9. The number of ether oxygens (including phenoxy) is 1. The maximum Gasteiger partial charge on any atom is 0.419 e. The van der Waals surface area contributed by atoms with Crippen LogP contribution in [0.5, 0.6) is 0 Å². The van der Waals surface area contributed by atoms with Crippen molar-refractivity contribution in [1.82, 2.24) is 8.87 Å². The van der Waals surface area contributed by atoms with Crippen LogP contribution in [0.1, 0.15) is 17.2 Å². The molecule has 1 aliphatic heterocycles. The number of benzene rings is 2. The molecule has 8 heteroatoms. The predicted octanol–water partition coefficient (Wildman–Crippen LogP) is 2.20. The summed E-state index contributed by atoms with van der Waals surface area (Å²) in [6.45, 7) is 2.84. The topological polar surface area (TPSA) is 81.8 Å². The molecule has 7 nitrogen and oxygen atoms in total. The van der Waals surface area contributed by atoms with Gasteiger partial charge in [0.2, 0.25) is 10.0 Å². The molecule has 0 saturated carbocycles. The highest BCUT2D eigenvalue weighted by atomic mass is 32.2. The van der Waals surface area contributed by atoms with Crippen molar-refractivity contribution in [2.75, 3.05) is 19.7 Å². The summed E-state index contributed by atoms with van der Waals surface area (Å²) < 4.78 is 39.9. The molecule has 1 aliphatic rings. The van der Waals surface area contributed by atoms with Crippen LogP contribution < -0.4 is 5.76 Å². The molecule has 4 rings (SSSR count). The standard InChI is InChI=1S/C19H20N2O5S/c1-13-3-5-14(6-4-13)18-12-21(9-10-25-18)27(23,24)15-7-8-16-17(11-15)26-19(22)20(16)2/h3-8,11,18H,9-10,12H2,1-2H3. The summed E-state index contributed by atoms with van der Waals surface area (Å²) in [5.41, 5.74) is 2.90. The molecule has 1 atom stereocenters. The first kappa shape index (κ1) is 18.0. The average Bonchev–Trinajstić information content (AvgIpc) is 2.96. The van der Waals surface area contributed by atoms with Crippen LogP contribution in [-0.4, -0.2) is 37.0 Å². The van der Waals surface area contributed by atoms with Gasteiger partial charge in [0, 0.05) is 26.2 Å². The molecular weight excluding hydrogens is 368 g/mol. The van der Waals surface area contributed by atoms with E-state index < -0.39 is 15.8 Å². The SMILES string of the molecule is Cc1ccc(C2CN(S(=O)(=O)c3ccc4c(c3)oc(=O)n4C)CCO2)cc1. The molecule has 2 aromatic carbocycles. The minimum absolute atomic E-state index is 0.105. The third-order valence-electron chi connectivity index (χ3n) is 4.88. The van der Waals surface area contributed by atoms with Crippen LogP contribution in [0, 0.1) is 6.92 Å². The van der Waals surface area contributed by atoms with Gasteiger partial charge in [-0.25, -0.2) is 13.2 Å². The number of hydrogen-bond acceptors (Lipinski definition) is 5. The molecule has 142 valence electrons. The fourth-order valence-corrected chi connectivity index (χ4v) is 4.69. The first-order chi connectivity index (χ1) is 12.9. The van der Waals surface area contributed by atoms with Gasteiger partial charge in [0.1, 0.15) is 0 Å². The zero-order chi connectivity index (χ0) is 19.2. The fraction of sp³-hybridized carbons (Fsp3) is 0.316. The molecule has 0 aliphatic carbocycles. The highest BCUT2D eigenvalue weighted by molar-refractivity contribution is 7.89. The van der Waals surface area contributed by atoms with Crippen LogP contribution in [0.3, 0.4) is 0 Å². The van der Waals surface area contributed by atoms with E-state index in [9.17, 15) is 13.2 Å². The highest BCUT2D eigenvalue weighted by Crippen LogP contribution is 2.28. The molecule has 0 radical (unpaired) electrons. The molecule has 0 bridgehead atoms. The highest BCUT2D eigenvalue weighted by Gasteiger charge is 2.32. The Hall–Kier alpha value is -2.42. The molecule has 1 fully saturated rings. The van der Waals surface area contributed by atoms with E-state index in [0.717, 1.165) is 11.1 Å². The first-order valence-electron chi connectivity index (χ1n) is 8.64. The number of hydrogen-bond donors (Lipinski definition) is 0. The van der Waals surface area contributed by atoms with Crippen molar-refractivity contribution in [3.63, 3.8) is 0 Å². The Balaban J connectivity index is 1.64. The van der Waals surface area contributed by atoms with E-state index >= 15 is 0 Å². The van der Waals surface area contributed by atoms with Crippen molar-refractivity contribution in [3.05, 3.63) is 64.1 Å². The maximum absolute atomic E-state index is 13.1. The van der Waals surface area contributed by atoms with Crippen LogP contribution in [0.15, 0.2) is 56.6 Å². The molecule has 1 unspecified atom stereocenters. The lowest BCUT2D eigenvalue weighted by atomic mass is 10.1. The number of rotatable bonds is 3. The monoisotopic (exact) mass is 388 g/mol. The predicted molar refractivity (Wildman–Crippen MR) is 100 cm³/mol. The maximum atomic E-state index is 13.1. The van der Waals surface area contributed by atoms with Crippen LogP contribution in [-0.2, 0) is 21.8 Å². The second-order valence-corrected chi connectivity index (χ2v) is 8.63. The summed E-state index contributed by atoms with van der Waals surface area (Å²) in [5.74, 6) is -0.523. The zero-order valence-electron chi connectivity index (χ0n) is 15.1. The lowest BCUT2D eigenvalue weighted by Gasteiger charge is -2.32. The number of fused-ring (bicyclic) bond motifs is 1. The van der Waals surface area contributed by atoms with Gasteiger partial charge in [-0.2, -0.15) is 4.31 Å². The Morgan fingerprint density at radius 2 is 1.85 bits per heavy atom. The van der Waals surface area contributed by atoms with Crippen molar-refractivity contribution in [1.29, 1.82) is 0 Å². The quantitative estimate of drug-likeness (QED) is 0.687. The molecule has 2 heterocycles. The van der Waals surface area contributed by atoms with Gasteiger partial charge < -0.3 is 9.15 Å². The van der Waals surface area contributed by atoms with Crippen LogP contribution in [0.2, 0.25) is 0 Å². The summed E-state index contributed by atoms with van der Waals surface area (Å²) in [4.78, 5) is 11.8. The molecule has 1 aromatic heterocycles. The van der Waals surface area contributed by atoms with Gasteiger partial charge in [-0.05, 0) is 24.6 Å².